The predicted molar refractivity (Wildman–Crippen MR) is 122 cm³/mol. The molecule has 2 aromatic rings. The molecule has 0 aromatic heterocycles. The summed E-state index contributed by atoms with van der Waals surface area (Å²) in [5.74, 6) is -1.16. The van der Waals surface area contributed by atoms with Crippen molar-refractivity contribution in [2.45, 2.75) is 6.42 Å². The van der Waals surface area contributed by atoms with Gasteiger partial charge in [-0.15, -0.1) is 0 Å². The van der Waals surface area contributed by atoms with Crippen LogP contribution in [0, 0.1) is 0 Å². The highest BCUT2D eigenvalue weighted by molar-refractivity contribution is 8.18. The molecular formula is C23H21N3O5S. The molecule has 2 aromatic carbocycles. The number of carboxylic acids is 1. The normalized spacial score (nSPS) is 18.8. The molecule has 2 fully saturated rings. The van der Waals surface area contributed by atoms with Gasteiger partial charge in [-0.05, 0) is 53.2 Å². The Bertz CT molecular complexity index is 1090. The molecule has 4 rings (SSSR count). The number of carbonyl (C=O) groups excluding carboxylic acids is 2. The molecule has 8 nitrogen and oxygen atoms in total. The van der Waals surface area contributed by atoms with Gasteiger partial charge in [0.15, 0.2) is 5.17 Å². The minimum absolute atomic E-state index is 0.0238. The maximum absolute atomic E-state index is 12.5. The molecule has 2 aliphatic rings. The fourth-order valence-corrected chi connectivity index (χ4v) is 4.12. The predicted octanol–water partition coefficient (Wildman–Crippen LogP) is 2.68. The fourth-order valence-electron chi connectivity index (χ4n) is 3.28. The number of nitrogens with one attached hydrogen (secondary N) is 1. The summed E-state index contributed by atoms with van der Waals surface area (Å²) < 4.78 is 5.28. The van der Waals surface area contributed by atoms with Crippen LogP contribution in [0.3, 0.4) is 0 Å². The summed E-state index contributed by atoms with van der Waals surface area (Å²) in [6.07, 6.45) is 1.70. The molecule has 0 unspecified atom stereocenters. The Hall–Kier alpha value is -3.43. The minimum atomic E-state index is -0.893. The van der Waals surface area contributed by atoms with Gasteiger partial charge in [-0.25, -0.2) is 4.99 Å². The van der Waals surface area contributed by atoms with Crippen LogP contribution >= 0.6 is 11.8 Å². The summed E-state index contributed by atoms with van der Waals surface area (Å²) in [4.78, 5) is 42.3. The Kier molecular flexibility index (Phi) is 6.67. The van der Waals surface area contributed by atoms with E-state index >= 15 is 0 Å². The van der Waals surface area contributed by atoms with Crippen molar-refractivity contribution < 1.29 is 24.2 Å². The fraction of sp³-hybridized carbons (Fsp3) is 0.217. The van der Waals surface area contributed by atoms with E-state index in [-0.39, 0.29) is 18.2 Å². The number of rotatable bonds is 5. The highest BCUT2D eigenvalue weighted by Crippen LogP contribution is 2.28. The summed E-state index contributed by atoms with van der Waals surface area (Å²) in [6.45, 7) is 2.29. The van der Waals surface area contributed by atoms with Gasteiger partial charge < -0.3 is 20.1 Å². The second kappa shape index (κ2) is 9.80. The third kappa shape index (κ3) is 5.43. The Balaban J connectivity index is 1.42. The second-order valence-electron chi connectivity index (χ2n) is 7.25. The van der Waals surface area contributed by atoms with Crippen LogP contribution in [0.2, 0.25) is 0 Å². The average Bonchev–Trinajstić information content (AvgIpc) is 3.14. The van der Waals surface area contributed by atoms with Crippen LogP contribution in [0.15, 0.2) is 58.4 Å². The van der Waals surface area contributed by atoms with Crippen molar-refractivity contribution in [3.63, 3.8) is 0 Å². The standard InChI is InChI=1S/C23H21N3O5S/c27-20(28)14-16-3-7-18(8-4-16)24-23-25-21(29)19(32-23)13-15-1-5-17(6-2-15)22(30)26-9-11-31-12-10-26/h1-8,13H,9-12,14H2,(H,27,28)(H,24,25,29)/b19-13-. The quantitative estimate of drug-likeness (QED) is 0.677. The molecule has 2 amide bonds. The topological polar surface area (TPSA) is 108 Å². The Morgan fingerprint density at radius 2 is 1.78 bits per heavy atom. The smallest absolute Gasteiger partial charge is 0.307 e. The van der Waals surface area contributed by atoms with Crippen molar-refractivity contribution >= 4 is 46.5 Å². The van der Waals surface area contributed by atoms with E-state index in [1.807, 2.05) is 12.1 Å². The first-order chi connectivity index (χ1) is 15.5. The number of morpholine rings is 1. The number of aliphatic carboxylic acids is 1. The number of nitrogens with zero attached hydrogens (tertiary/aromatic N) is 2. The number of hydrogen-bond acceptors (Lipinski definition) is 6. The number of carboxylic acid groups (broad SMARTS) is 1. The van der Waals surface area contributed by atoms with E-state index in [1.54, 1.807) is 47.4 Å². The molecule has 0 atom stereocenters. The molecule has 0 bridgehead atoms. The molecule has 2 heterocycles. The van der Waals surface area contributed by atoms with Crippen LogP contribution < -0.4 is 5.32 Å². The minimum Gasteiger partial charge on any atom is -0.481 e. The van der Waals surface area contributed by atoms with Crippen molar-refractivity contribution in [3.05, 3.63) is 70.1 Å². The molecule has 2 N–H and O–H groups in total. The first kappa shape index (κ1) is 21.8. The number of aliphatic imine (C=N–C) groups is 1. The highest BCUT2D eigenvalue weighted by Gasteiger charge is 2.24. The zero-order valence-electron chi connectivity index (χ0n) is 17.1. The van der Waals surface area contributed by atoms with E-state index in [4.69, 9.17) is 9.84 Å². The summed E-state index contributed by atoms with van der Waals surface area (Å²) in [6, 6.07) is 14.0. The number of amides is 2. The average molecular weight is 452 g/mol. The molecule has 0 spiro atoms. The Morgan fingerprint density at radius 1 is 1.09 bits per heavy atom. The van der Waals surface area contributed by atoms with Crippen molar-refractivity contribution in [1.29, 1.82) is 0 Å². The van der Waals surface area contributed by atoms with Crippen LogP contribution in [0.1, 0.15) is 21.5 Å². The number of hydrogen-bond donors (Lipinski definition) is 2. The molecule has 0 radical (unpaired) electrons. The van der Waals surface area contributed by atoms with Gasteiger partial charge in [0.1, 0.15) is 0 Å². The lowest BCUT2D eigenvalue weighted by molar-refractivity contribution is -0.136. The van der Waals surface area contributed by atoms with Crippen LogP contribution in [-0.4, -0.2) is 59.3 Å². The van der Waals surface area contributed by atoms with E-state index in [1.165, 1.54) is 11.8 Å². The van der Waals surface area contributed by atoms with Crippen molar-refractivity contribution in [3.8, 4) is 0 Å². The van der Waals surface area contributed by atoms with E-state index in [9.17, 15) is 14.4 Å². The SMILES string of the molecule is O=C(O)Cc1ccc(N=C2NC(=O)/C(=C/c3ccc(C(=O)N4CCOCC4)cc3)S2)cc1. The second-order valence-corrected chi connectivity index (χ2v) is 8.28. The maximum Gasteiger partial charge on any atom is 0.307 e. The zero-order valence-corrected chi connectivity index (χ0v) is 17.9. The molecule has 0 saturated carbocycles. The maximum atomic E-state index is 12.5. The summed E-state index contributed by atoms with van der Waals surface area (Å²) in [7, 11) is 0. The van der Waals surface area contributed by atoms with Gasteiger partial charge in [-0.1, -0.05) is 24.3 Å². The lowest BCUT2D eigenvalue weighted by Gasteiger charge is -2.26. The number of ether oxygens (including phenoxy) is 1. The monoisotopic (exact) mass is 451 g/mol. The van der Waals surface area contributed by atoms with E-state index in [2.05, 4.69) is 10.3 Å². The lowest BCUT2D eigenvalue weighted by Crippen LogP contribution is -2.40. The number of amidine groups is 1. The summed E-state index contributed by atoms with van der Waals surface area (Å²) >= 11 is 1.22. The van der Waals surface area contributed by atoms with Crippen LogP contribution in [-0.2, 0) is 20.7 Å². The Morgan fingerprint density at radius 3 is 2.44 bits per heavy atom. The molecule has 0 aliphatic carbocycles. The molecule has 2 aliphatic heterocycles. The van der Waals surface area contributed by atoms with E-state index in [0.29, 0.717) is 53.2 Å². The van der Waals surface area contributed by atoms with E-state index in [0.717, 1.165) is 5.56 Å². The van der Waals surface area contributed by atoms with Crippen molar-refractivity contribution in [1.82, 2.24) is 10.2 Å². The van der Waals surface area contributed by atoms with Gasteiger partial charge in [0, 0.05) is 18.7 Å². The van der Waals surface area contributed by atoms with Crippen molar-refractivity contribution in [2.75, 3.05) is 26.3 Å². The molecular weight excluding hydrogens is 430 g/mol. The molecule has 164 valence electrons. The summed E-state index contributed by atoms with van der Waals surface area (Å²) in [5, 5.41) is 12.0. The van der Waals surface area contributed by atoms with Gasteiger partial charge in [0.05, 0.1) is 30.2 Å². The number of carbonyl (C=O) groups is 3. The number of benzene rings is 2. The first-order valence-corrected chi connectivity index (χ1v) is 10.9. The van der Waals surface area contributed by atoms with Gasteiger partial charge in [0.25, 0.3) is 11.8 Å². The van der Waals surface area contributed by atoms with Crippen LogP contribution in [0.5, 0.6) is 0 Å². The number of thioether (sulfide) groups is 1. The zero-order chi connectivity index (χ0) is 22.5. The van der Waals surface area contributed by atoms with Crippen LogP contribution in [0.4, 0.5) is 5.69 Å². The third-order valence-corrected chi connectivity index (χ3v) is 5.84. The van der Waals surface area contributed by atoms with Gasteiger partial charge in [-0.2, -0.15) is 0 Å². The highest BCUT2D eigenvalue weighted by atomic mass is 32.2. The van der Waals surface area contributed by atoms with Gasteiger partial charge in [-0.3, -0.25) is 14.4 Å². The van der Waals surface area contributed by atoms with Crippen LogP contribution in [0.25, 0.3) is 6.08 Å². The van der Waals surface area contributed by atoms with Gasteiger partial charge in [0.2, 0.25) is 0 Å². The Labute approximate surface area is 189 Å². The van der Waals surface area contributed by atoms with Crippen molar-refractivity contribution in [2.24, 2.45) is 4.99 Å². The largest absolute Gasteiger partial charge is 0.481 e. The first-order valence-electron chi connectivity index (χ1n) is 10.1. The molecule has 9 heteroatoms. The summed E-state index contributed by atoms with van der Waals surface area (Å²) in [5.41, 5.74) is 2.71. The van der Waals surface area contributed by atoms with Gasteiger partial charge >= 0.3 is 5.97 Å². The third-order valence-electron chi connectivity index (χ3n) is 4.93. The van der Waals surface area contributed by atoms with E-state index < -0.39 is 5.97 Å². The molecule has 32 heavy (non-hydrogen) atoms. The lowest BCUT2D eigenvalue weighted by atomic mass is 10.1. The molecule has 2 saturated heterocycles.